The van der Waals surface area contributed by atoms with Crippen molar-refractivity contribution in [3.05, 3.63) is 11.1 Å². The molecule has 3 fully saturated rings. The number of allylic oxidation sites excluding steroid dienone is 1. The molecule has 3 rings (SSSR count). The van der Waals surface area contributed by atoms with Gasteiger partial charge in [0.1, 0.15) is 20.3 Å². The van der Waals surface area contributed by atoms with Gasteiger partial charge in [0.05, 0.1) is 6.61 Å². The van der Waals surface area contributed by atoms with Crippen LogP contribution in [-0.4, -0.2) is 62.9 Å². The van der Waals surface area contributed by atoms with Crippen LogP contribution in [-0.2, 0) is 33.2 Å². The van der Waals surface area contributed by atoms with Crippen LogP contribution in [0.25, 0.3) is 0 Å². The lowest BCUT2D eigenvalue weighted by Crippen LogP contribution is -2.45. The van der Waals surface area contributed by atoms with E-state index >= 15 is 0 Å². The zero-order valence-electron chi connectivity index (χ0n) is 20.9. The Bertz CT molecular complexity index is 810. The van der Waals surface area contributed by atoms with Gasteiger partial charge in [0.25, 0.3) is 0 Å². The fourth-order valence-corrected chi connectivity index (χ4v) is 4.74. The van der Waals surface area contributed by atoms with Gasteiger partial charge in [-0.05, 0) is 48.0 Å². The molecular weight excluding hydrogens is 428 g/mol. The molecule has 8 heteroatoms. The molecule has 3 saturated heterocycles. The molecule has 0 unspecified atom stereocenters. The quantitative estimate of drug-likeness (QED) is 0.263. The Morgan fingerprint density at radius 2 is 1.72 bits per heavy atom. The molecule has 0 bridgehead atoms. The molecule has 180 valence electrons. The number of ether oxygens (including phenoxy) is 6. The normalized spacial score (nSPS) is 32.7. The van der Waals surface area contributed by atoms with Gasteiger partial charge < -0.3 is 28.4 Å². The first kappa shape index (κ1) is 25.4. The van der Waals surface area contributed by atoms with Crippen LogP contribution in [0, 0.1) is 11.5 Å². The van der Waals surface area contributed by atoms with Crippen molar-refractivity contribution in [3.63, 3.8) is 0 Å². The Labute approximate surface area is 193 Å². The Balaban J connectivity index is 1.74. The van der Waals surface area contributed by atoms with Gasteiger partial charge in [-0.1, -0.05) is 25.2 Å². The van der Waals surface area contributed by atoms with E-state index in [1.54, 1.807) is 0 Å². The molecule has 3 aliphatic heterocycles. The Hall–Kier alpha value is -1.21. The van der Waals surface area contributed by atoms with Crippen LogP contribution < -0.4 is 0 Å². The number of fused-ring (bicyclic) bond motifs is 1. The lowest BCUT2D eigenvalue weighted by Gasteiger charge is -2.29. The molecule has 0 aromatic rings. The molecule has 0 radical (unpaired) electrons. The van der Waals surface area contributed by atoms with Gasteiger partial charge in [-0.15, -0.1) is 11.5 Å². The molecule has 0 aromatic carbocycles. The van der Waals surface area contributed by atoms with Crippen LogP contribution in [0.1, 0.15) is 54.4 Å². The molecule has 0 aromatic heterocycles. The maximum absolute atomic E-state index is 13.2. The van der Waals surface area contributed by atoms with E-state index < -0.39 is 44.3 Å². The third kappa shape index (κ3) is 6.22. The summed E-state index contributed by atoms with van der Waals surface area (Å²) in [6, 6.07) is 0. The molecule has 32 heavy (non-hydrogen) atoms. The van der Waals surface area contributed by atoms with Crippen molar-refractivity contribution in [1.82, 2.24) is 0 Å². The average molecular weight is 467 g/mol. The van der Waals surface area contributed by atoms with E-state index in [0.29, 0.717) is 25.0 Å². The van der Waals surface area contributed by atoms with Crippen LogP contribution in [0.2, 0.25) is 19.6 Å². The van der Waals surface area contributed by atoms with Gasteiger partial charge in [-0.25, -0.2) is 4.79 Å². The lowest BCUT2D eigenvalue weighted by atomic mass is 10.0. The van der Waals surface area contributed by atoms with Crippen LogP contribution >= 0.6 is 0 Å². The van der Waals surface area contributed by atoms with Crippen LogP contribution in [0.4, 0.5) is 0 Å². The number of hydrogen-bond donors (Lipinski definition) is 0. The molecular formula is C24H38O7Si. The zero-order chi connectivity index (χ0) is 23.9. The second-order valence-electron chi connectivity index (χ2n) is 10.8. The molecule has 3 heterocycles. The first-order valence-corrected chi connectivity index (χ1v) is 14.9. The number of rotatable bonds is 5. The van der Waals surface area contributed by atoms with Gasteiger partial charge >= 0.3 is 5.97 Å². The highest BCUT2D eigenvalue weighted by molar-refractivity contribution is 6.83. The fraction of sp³-hybridized carbons (Fsp3) is 0.792. The summed E-state index contributed by atoms with van der Waals surface area (Å²) in [5, 5.41) is 0. The van der Waals surface area contributed by atoms with Crippen molar-refractivity contribution in [2.75, 3.05) is 6.61 Å². The first-order chi connectivity index (χ1) is 14.7. The first-order valence-electron chi connectivity index (χ1n) is 11.4. The summed E-state index contributed by atoms with van der Waals surface area (Å²) >= 11 is 0. The highest BCUT2D eigenvalue weighted by atomic mass is 28.3. The van der Waals surface area contributed by atoms with Crippen LogP contribution in [0.5, 0.6) is 0 Å². The summed E-state index contributed by atoms with van der Waals surface area (Å²) in [7, 11) is -1.44. The third-order valence-electron chi connectivity index (χ3n) is 5.48. The van der Waals surface area contributed by atoms with Crippen LogP contribution in [0.15, 0.2) is 11.1 Å². The summed E-state index contributed by atoms with van der Waals surface area (Å²) in [5.41, 5.74) is 4.90. The largest absolute Gasteiger partial charge is 0.453 e. The predicted molar refractivity (Wildman–Crippen MR) is 122 cm³/mol. The molecule has 3 aliphatic rings. The van der Waals surface area contributed by atoms with Crippen molar-refractivity contribution in [2.45, 2.75) is 116 Å². The molecule has 0 saturated carbocycles. The van der Waals surface area contributed by atoms with Crippen molar-refractivity contribution < 1.29 is 33.2 Å². The molecule has 0 amide bonds. The van der Waals surface area contributed by atoms with E-state index in [-0.39, 0.29) is 12.1 Å². The third-order valence-corrected chi connectivity index (χ3v) is 6.41. The maximum Gasteiger partial charge on any atom is 0.334 e. The van der Waals surface area contributed by atoms with Gasteiger partial charge in [0.15, 0.2) is 30.1 Å². The van der Waals surface area contributed by atoms with Gasteiger partial charge in [0, 0.05) is 12.0 Å². The van der Waals surface area contributed by atoms with E-state index in [9.17, 15) is 4.79 Å². The minimum atomic E-state index is -1.44. The monoisotopic (exact) mass is 466 g/mol. The predicted octanol–water partition coefficient (Wildman–Crippen LogP) is 3.92. The van der Waals surface area contributed by atoms with E-state index in [1.807, 2.05) is 41.5 Å². The van der Waals surface area contributed by atoms with Crippen molar-refractivity contribution in [1.29, 1.82) is 0 Å². The smallest absolute Gasteiger partial charge is 0.334 e. The SMILES string of the molecule is CC(C)=C(CCC#C[Si](C)(C)C)C(=O)O[C@@H]1[C@H]([C@@H]2COC(C)(C)O2)O[C@@H]2OC(C)(C)O[C@@H]21. The fourth-order valence-electron chi connectivity index (χ4n) is 4.08. The topological polar surface area (TPSA) is 72.5 Å². The summed E-state index contributed by atoms with van der Waals surface area (Å²) in [6.45, 7) is 18.1. The highest BCUT2D eigenvalue weighted by Crippen LogP contribution is 2.42. The highest BCUT2D eigenvalue weighted by Gasteiger charge is 2.60. The number of hydrogen-bond acceptors (Lipinski definition) is 7. The van der Waals surface area contributed by atoms with Gasteiger partial charge in [0.2, 0.25) is 0 Å². The Morgan fingerprint density at radius 3 is 2.28 bits per heavy atom. The summed E-state index contributed by atoms with van der Waals surface area (Å²) in [5.74, 6) is 1.33. The van der Waals surface area contributed by atoms with Crippen molar-refractivity contribution in [2.24, 2.45) is 0 Å². The van der Waals surface area contributed by atoms with E-state index in [4.69, 9.17) is 28.4 Å². The Kier molecular flexibility index (Phi) is 7.31. The maximum atomic E-state index is 13.2. The minimum Gasteiger partial charge on any atom is -0.453 e. The Morgan fingerprint density at radius 1 is 1.03 bits per heavy atom. The van der Waals surface area contributed by atoms with Gasteiger partial charge in [-0.2, -0.15) is 0 Å². The molecule has 7 nitrogen and oxygen atoms in total. The van der Waals surface area contributed by atoms with E-state index in [1.165, 1.54) is 0 Å². The molecule has 5 atom stereocenters. The second kappa shape index (κ2) is 9.20. The molecule has 0 aliphatic carbocycles. The van der Waals surface area contributed by atoms with E-state index in [2.05, 4.69) is 31.1 Å². The summed E-state index contributed by atoms with van der Waals surface area (Å²) < 4.78 is 35.8. The number of esters is 1. The summed E-state index contributed by atoms with van der Waals surface area (Å²) in [4.78, 5) is 13.2. The zero-order valence-corrected chi connectivity index (χ0v) is 21.9. The lowest BCUT2D eigenvalue weighted by molar-refractivity contribution is -0.235. The molecule has 0 spiro atoms. The van der Waals surface area contributed by atoms with Crippen molar-refractivity contribution >= 4 is 14.0 Å². The number of carbonyl (C=O) groups is 1. The average Bonchev–Trinajstić information content (AvgIpc) is 3.23. The molecule has 0 N–H and O–H groups in total. The second-order valence-corrected chi connectivity index (χ2v) is 15.6. The summed E-state index contributed by atoms with van der Waals surface area (Å²) in [6.07, 6.45) is -1.59. The standard InChI is InChI=1S/C24H38O7Si/c1-15(2)16(12-10-11-13-32(7,8)9)21(25)27-19-18(17-14-26-23(3,4)29-17)28-22-20(19)30-24(5,6)31-22/h17-20,22H,10,12,14H2,1-9H3/t17-,18-,19+,20+,22+/m0/s1. The van der Waals surface area contributed by atoms with Gasteiger partial charge in [-0.3, -0.25) is 0 Å². The number of carbonyl (C=O) groups excluding carboxylic acids is 1. The minimum absolute atomic E-state index is 0.344. The van der Waals surface area contributed by atoms with Crippen molar-refractivity contribution in [3.8, 4) is 11.5 Å². The van der Waals surface area contributed by atoms with Crippen LogP contribution in [0.3, 0.4) is 0 Å². The van der Waals surface area contributed by atoms with E-state index in [0.717, 1.165) is 5.57 Å².